The SMILES string of the molecule is O=C(NCCc1nnc2ccccn12)c1ccc(Cn2cccn2)cc1. The van der Waals surface area contributed by atoms with Gasteiger partial charge in [-0.3, -0.25) is 13.9 Å². The van der Waals surface area contributed by atoms with E-state index in [0.29, 0.717) is 25.1 Å². The lowest BCUT2D eigenvalue weighted by atomic mass is 10.1. The third-order valence-corrected chi connectivity index (χ3v) is 4.14. The topological polar surface area (TPSA) is 77.1 Å². The van der Waals surface area contributed by atoms with Crippen molar-refractivity contribution in [2.75, 3.05) is 6.54 Å². The second-order valence-electron chi connectivity index (χ2n) is 5.95. The molecule has 0 saturated heterocycles. The molecule has 1 N–H and O–H groups in total. The van der Waals surface area contributed by atoms with Gasteiger partial charge in [0.1, 0.15) is 5.82 Å². The Morgan fingerprint density at radius 1 is 1.00 bits per heavy atom. The van der Waals surface area contributed by atoms with Crippen LogP contribution in [0.1, 0.15) is 21.7 Å². The lowest BCUT2D eigenvalue weighted by molar-refractivity contribution is 0.0954. The van der Waals surface area contributed by atoms with Gasteiger partial charge in [0.05, 0.1) is 6.54 Å². The molecule has 0 aliphatic rings. The van der Waals surface area contributed by atoms with Gasteiger partial charge >= 0.3 is 0 Å². The maximum Gasteiger partial charge on any atom is 0.251 e. The van der Waals surface area contributed by atoms with Crippen molar-refractivity contribution in [3.05, 3.63) is 84.1 Å². The molecule has 4 aromatic rings. The lowest BCUT2D eigenvalue weighted by Crippen LogP contribution is -2.26. The molecule has 3 aromatic heterocycles. The summed E-state index contributed by atoms with van der Waals surface area (Å²) in [5.41, 5.74) is 2.54. The number of fused-ring (bicyclic) bond motifs is 1. The van der Waals surface area contributed by atoms with E-state index in [0.717, 1.165) is 17.0 Å². The van der Waals surface area contributed by atoms with Crippen LogP contribution in [0.25, 0.3) is 5.65 Å². The van der Waals surface area contributed by atoms with Crippen LogP contribution in [0.15, 0.2) is 67.1 Å². The summed E-state index contributed by atoms with van der Waals surface area (Å²) in [6, 6.07) is 15.2. The van der Waals surface area contributed by atoms with E-state index in [9.17, 15) is 4.79 Å². The van der Waals surface area contributed by atoms with Crippen LogP contribution in [0.2, 0.25) is 0 Å². The summed E-state index contributed by atoms with van der Waals surface area (Å²) in [7, 11) is 0. The number of aromatic nitrogens is 5. The van der Waals surface area contributed by atoms with Crippen LogP contribution in [0.5, 0.6) is 0 Å². The van der Waals surface area contributed by atoms with E-state index in [1.807, 2.05) is 70.0 Å². The largest absolute Gasteiger partial charge is 0.352 e. The number of amides is 1. The van der Waals surface area contributed by atoms with Gasteiger partial charge in [0.25, 0.3) is 5.91 Å². The molecular weight excluding hydrogens is 328 g/mol. The number of carbonyl (C=O) groups is 1. The fourth-order valence-electron chi connectivity index (χ4n) is 2.79. The van der Waals surface area contributed by atoms with E-state index in [1.54, 1.807) is 6.20 Å². The van der Waals surface area contributed by atoms with Crippen LogP contribution in [0, 0.1) is 0 Å². The first kappa shape index (κ1) is 16.0. The Morgan fingerprint density at radius 3 is 2.69 bits per heavy atom. The minimum Gasteiger partial charge on any atom is -0.352 e. The third kappa shape index (κ3) is 3.46. The lowest BCUT2D eigenvalue weighted by Gasteiger charge is -2.06. The number of pyridine rings is 1. The minimum atomic E-state index is -0.0931. The van der Waals surface area contributed by atoms with E-state index in [-0.39, 0.29) is 5.91 Å². The Bertz CT molecular complexity index is 1000. The van der Waals surface area contributed by atoms with Gasteiger partial charge < -0.3 is 5.32 Å². The summed E-state index contributed by atoms with van der Waals surface area (Å²) < 4.78 is 3.77. The van der Waals surface area contributed by atoms with Crippen molar-refractivity contribution in [1.82, 2.24) is 29.7 Å². The van der Waals surface area contributed by atoms with Crippen LogP contribution in [-0.2, 0) is 13.0 Å². The van der Waals surface area contributed by atoms with Crippen LogP contribution in [0.3, 0.4) is 0 Å². The zero-order valence-corrected chi connectivity index (χ0v) is 14.1. The maximum absolute atomic E-state index is 12.3. The molecule has 0 radical (unpaired) electrons. The summed E-state index contributed by atoms with van der Waals surface area (Å²) in [5.74, 6) is 0.736. The van der Waals surface area contributed by atoms with Gasteiger partial charge in [0.2, 0.25) is 0 Å². The summed E-state index contributed by atoms with van der Waals surface area (Å²) in [6.07, 6.45) is 6.20. The number of carbonyl (C=O) groups excluding carboxylic acids is 1. The van der Waals surface area contributed by atoms with Crippen molar-refractivity contribution < 1.29 is 4.79 Å². The molecule has 130 valence electrons. The number of rotatable bonds is 6. The number of hydrogen-bond acceptors (Lipinski definition) is 4. The van der Waals surface area contributed by atoms with E-state index >= 15 is 0 Å². The molecular formula is C19H18N6O. The van der Waals surface area contributed by atoms with E-state index < -0.39 is 0 Å². The van der Waals surface area contributed by atoms with Gasteiger partial charge in [0, 0.05) is 37.1 Å². The molecule has 0 aliphatic heterocycles. The average Bonchev–Trinajstić information content (AvgIpc) is 3.32. The average molecular weight is 346 g/mol. The molecule has 0 atom stereocenters. The molecule has 0 unspecified atom stereocenters. The predicted octanol–water partition coefficient (Wildman–Crippen LogP) is 1.95. The van der Waals surface area contributed by atoms with Gasteiger partial charge in [-0.2, -0.15) is 5.10 Å². The molecule has 0 aliphatic carbocycles. The zero-order valence-electron chi connectivity index (χ0n) is 14.1. The maximum atomic E-state index is 12.3. The molecule has 0 saturated carbocycles. The van der Waals surface area contributed by atoms with Crippen molar-refractivity contribution in [2.45, 2.75) is 13.0 Å². The Balaban J connectivity index is 1.33. The van der Waals surface area contributed by atoms with E-state index in [2.05, 4.69) is 20.6 Å². The molecule has 1 amide bonds. The normalized spacial score (nSPS) is 10.9. The van der Waals surface area contributed by atoms with E-state index in [1.165, 1.54) is 0 Å². The predicted molar refractivity (Wildman–Crippen MR) is 96.8 cm³/mol. The highest BCUT2D eigenvalue weighted by atomic mass is 16.1. The first-order valence-corrected chi connectivity index (χ1v) is 8.43. The fraction of sp³-hybridized carbons (Fsp3) is 0.158. The molecule has 0 fully saturated rings. The molecule has 3 heterocycles. The van der Waals surface area contributed by atoms with Gasteiger partial charge in [-0.05, 0) is 35.9 Å². The monoisotopic (exact) mass is 346 g/mol. The second-order valence-corrected chi connectivity index (χ2v) is 5.95. The van der Waals surface area contributed by atoms with Gasteiger partial charge in [-0.25, -0.2) is 0 Å². The number of nitrogens with one attached hydrogen (secondary N) is 1. The van der Waals surface area contributed by atoms with E-state index in [4.69, 9.17) is 0 Å². The van der Waals surface area contributed by atoms with Crippen LogP contribution >= 0.6 is 0 Å². The second kappa shape index (κ2) is 7.18. The molecule has 26 heavy (non-hydrogen) atoms. The molecule has 7 nitrogen and oxygen atoms in total. The van der Waals surface area contributed by atoms with Gasteiger partial charge in [-0.15, -0.1) is 10.2 Å². The first-order chi connectivity index (χ1) is 12.8. The molecule has 4 rings (SSSR count). The quantitative estimate of drug-likeness (QED) is 0.579. The summed E-state index contributed by atoms with van der Waals surface area (Å²) in [4.78, 5) is 12.3. The summed E-state index contributed by atoms with van der Waals surface area (Å²) in [5, 5.41) is 15.4. The molecule has 0 bridgehead atoms. The molecule has 0 spiro atoms. The van der Waals surface area contributed by atoms with Gasteiger partial charge in [0.15, 0.2) is 5.65 Å². The summed E-state index contributed by atoms with van der Waals surface area (Å²) >= 11 is 0. The molecule has 7 heteroatoms. The standard InChI is InChI=1S/C19H18N6O/c26-19(16-7-5-15(6-8-16)14-24-12-3-10-21-24)20-11-9-18-23-22-17-4-1-2-13-25(17)18/h1-8,10,12-13H,9,11,14H2,(H,20,26). The van der Waals surface area contributed by atoms with Crippen molar-refractivity contribution in [1.29, 1.82) is 0 Å². The Kier molecular flexibility index (Phi) is 4.42. The Morgan fingerprint density at radius 2 is 1.88 bits per heavy atom. The van der Waals surface area contributed by atoms with Crippen LogP contribution in [-0.4, -0.2) is 36.8 Å². The van der Waals surface area contributed by atoms with Crippen LogP contribution < -0.4 is 5.32 Å². The van der Waals surface area contributed by atoms with Crippen molar-refractivity contribution in [3.63, 3.8) is 0 Å². The first-order valence-electron chi connectivity index (χ1n) is 8.43. The Labute approximate surface area is 150 Å². The smallest absolute Gasteiger partial charge is 0.251 e. The number of benzene rings is 1. The van der Waals surface area contributed by atoms with Crippen molar-refractivity contribution in [2.24, 2.45) is 0 Å². The highest BCUT2D eigenvalue weighted by Crippen LogP contribution is 2.07. The summed E-state index contributed by atoms with van der Waals surface area (Å²) in [6.45, 7) is 1.19. The number of hydrogen-bond donors (Lipinski definition) is 1. The number of nitrogens with zero attached hydrogens (tertiary/aromatic N) is 5. The zero-order chi connectivity index (χ0) is 17.8. The fourth-order valence-corrected chi connectivity index (χ4v) is 2.79. The third-order valence-electron chi connectivity index (χ3n) is 4.14. The van der Waals surface area contributed by atoms with Crippen molar-refractivity contribution >= 4 is 11.6 Å². The minimum absolute atomic E-state index is 0.0931. The van der Waals surface area contributed by atoms with Gasteiger partial charge in [-0.1, -0.05) is 18.2 Å². The molecule has 1 aromatic carbocycles. The van der Waals surface area contributed by atoms with Crippen LogP contribution in [0.4, 0.5) is 0 Å². The van der Waals surface area contributed by atoms with Crippen molar-refractivity contribution in [3.8, 4) is 0 Å². The highest BCUT2D eigenvalue weighted by molar-refractivity contribution is 5.94. The highest BCUT2D eigenvalue weighted by Gasteiger charge is 2.08. The Hall–Kier alpha value is -3.48.